The highest BCUT2D eigenvalue weighted by Crippen LogP contribution is 2.22. The number of hydrazone groups is 1. The smallest absolute Gasteiger partial charge is 0.253 e. The predicted molar refractivity (Wildman–Crippen MR) is 102 cm³/mol. The molecular formula is C19H16FN5OS. The second-order valence-electron chi connectivity index (χ2n) is 5.91. The van der Waals surface area contributed by atoms with Gasteiger partial charge in [0.05, 0.1) is 23.6 Å². The highest BCUT2D eigenvalue weighted by atomic mass is 32.2. The SMILES string of the molecule is O=C(CSc1n[nH]c(-c2ccccc2F)n1)N1CCC(c2ccccc2)=N1. The minimum Gasteiger partial charge on any atom is -0.272 e. The van der Waals surface area contributed by atoms with E-state index >= 15 is 0 Å². The first-order valence-electron chi connectivity index (χ1n) is 8.44. The second-order valence-corrected chi connectivity index (χ2v) is 6.86. The first kappa shape index (κ1) is 17.4. The van der Waals surface area contributed by atoms with Gasteiger partial charge in [0, 0.05) is 6.42 Å². The number of aromatic amines is 1. The minimum absolute atomic E-state index is 0.108. The van der Waals surface area contributed by atoms with Gasteiger partial charge < -0.3 is 0 Å². The van der Waals surface area contributed by atoms with Crippen molar-refractivity contribution in [3.63, 3.8) is 0 Å². The van der Waals surface area contributed by atoms with Crippen LogP contribution in [0.15, 0.2) is 64.9 Å². The van der Waals surface area contributed by atoms with Crippen molar-refractivity contribution in [3.05, 3.63) is 66.0 Å². The van der Waals surface area contributed by atoms with Gasteiger partial charge in [-0.2, -0.15) is 5.10 Å². The number of benzene rings is 2. The lowest BCUT2D eigenvalue weighted by molar-refractivity contribution is -0.127. The van der Waals surface area contributed by atoms with Gasteiger partial charge in [-0.15, -0.1) is 5.10 Å². The van der Waals surface area contributed by atoms with Gasteiger partial charge >= 0.3 is 0 Å². The van der Waals surface area contributed by atoms with Gasteiger partial charge in [-0.3, -0.25) is 9.89 Å². The molecule has 8 heteroatoms. The summed E-state index contributed by atoms with van der Waals surface area (Å²) in [5.74, 6) is 0.0260. The lowest BCUT2D eigenvalue weighted by Crippen LogP contribution is -2.25. The van der Waals surface area contributed by atoms with E-state index < -0.39 is 0 Å². The van der Waals surface area contributed by atoms with Crippen LogP contribution in [0.3, 0.4) is 0 Å². The van der Waals surface area contributed by atoms with E-state index in [9.17, 15) is 9.18 Å². The van der Waals surface area contributed by atoms with Crippen molar-refractivity contribution in [1.29, 1.82) is 0 Å². The van der Waals surface area contributed by atoms with Crippen LogP contribution in [0.2, 0.25) is 0 Å². The zero-order valence-electron chi connectivity index (χ0n) is 14.3. The van der Waals surface area contributed by atoms with Gasteiger partial charge in [0.15, 0.2) is 5.82 Å². The van der Waals surface area contributed by atoms with Gasteiger partial charge in [-0.05, 0) is 17.7 Å². The van der Waals surface area contributed by atoms with E-state index in [1.807, 2.05) is 30.3 Å². The average Bonchev–Trinajstić information content (AvgIpc) is 3.37. The molecule has 3 aromatic rings. The van der Waals surface area contributed by atoms with Crippen LogP contribution in [0.4, 0.5) is 4.39 Å². The fraction of sp³-hybridized carbons (Fsp3) is 0.158. The Kier molecular flexibility index (Phi) is 4.97. The maximum Gasteiger partial charge on any atom is 0.253 e. The molecule has 2 heterocycles. The Morgan fingerprint density at radius 3 is 2.74 bits per heavy atom. The Hall–Kier alpha value is -3.00. The molecule has 0 fully saturated rings. The number of hydrogen-bond acceptors (Lipinski definition) is 5. The quantitative estimate of drug-likeness (QED) is 0.688. The molecule has 6 nitrogen and oxygen atoms in total. The van der Waals surface area contributed by atoms with E-state index in [2.05, 4.69) is 20.3 Å². The summed E-state index contributed by atoms with van der Waals surface area (Å²) in [5, 5.41) is 13.1. The van der Waals surface area contributed by atoms with Crippen LogP contribution >= 0.6 is 11.8 Å². The minimum atomic E-state index is -0.374. The second kappa shape index (κ2) is 7.71. The van der Waals surface area contributed by atoms with Crippen LogP contribution in [0, 0.1) is 5.82 Å². The number of nitrogens with one attached hydrogen (secondary N) is 1. The Morgan fingerprint density at radius 1 is 1.15 bits per heavy atom. The van der Waals surface area contributed by atoms with Crippen molar-refractivity contribution in [3.8, 4) is 11.4 Å². The fourth-order valence-corrected chi connectivity index (χ4v) is 3.42. The number of aromatic nitrogens is 3. The van der Waals surface area contributed by atoms with E-state index in [1.54, 1.807) is 18.2 Å². The van der Waals surface area contributed by atoms with Crippen LogP contribution in [-0.2, 0) is 4.79 Å². The van der Waals surface area contributed by atoms with E-state index in [0.717, 1.165) is 17.7 Å². The van der Waals surface area contributed by atoms with Crippen LogP contribution in [0.25, 0.3) is 11.4 Å². The molecule has 0 spiro atoms. The summed E-state index contributed by atoms with van der Waals surface area (Å²) in [6.07, 6.45) is 0.735. The Labute approximate surface area is 159 Å². The zero-order valence-corrected chi connectivity index (χ0v) is 15.1. The van der Waals surface area contributed by atoms with Crippen LogP contribution in [0.5, 0.6) is 0 Å². The highest BCUT2D eigenvalue weighted by Gasteiger charge is 2.22. The first-order chi connectivity index (χ1) is 13.2. The molecule has 0 atom stereocenters. The summed E-state index contributed by atoms with van der Waals surface area (Å²) < 4.78 is 13.8. The summed E-state index contributed by atoms with van der Waals surface area (Å²) in [6, 6.07) is 16.2. The highest BCUT2D eigenvalue weighted by molar-refractivity contribution is 7.99. The van der Waals surface area contributed by atoms with Crippen molar-refractivity contribution in [1.82, 2.24) is 20.2 Å². The van der Waals surface area contributed by atoms with E-state index in [-0.39, 0.29) is 17.5 Å². The van der Waals surface area contributed by atoms with Crippen LogP contribution < -0.4 is 0 Å². The summed E-state index contributed by atoms with van der Waals surface area (Å²) in [7, 11) is 0. The van der Waals surface area contributed by atoms with Gasteiger partial charge in [-0.25, -0.2) is 14.4 Å². The van der Waals surface area contributed by atoms with Crippen molar-refractivity contribution < 1.29 is 9.18 Å². The van der Waals surface area contributed by atoms with E-state index in [0.29, 0.717) is 23.1 Å². The molecule has 1 amide bonds. The third kappa shape index (κ3) is 3.90. The molecule has 4 rings (SSSR count). The molecule has 0 bridgehead atoms. The Morgan fingerprint density at radius 2 is 1.93 bits per heavy atom. The standard InChI is InChI=1S/C19H16FN5OS/c20-15-9-5-4-8-14(15)18-21-19(23-22-18)27-12-17(26)25-11-10-16(24-25)13-6-2-1-3-7-13/h1-9H,10-12H2,(H,21,22,23). The average molecular weight is 381 g/mol. The Bertz CT molecular complexity index is 989. The van der Waals surface area contributed by atoms with Crippen LogP contribution in [-0.4, -0.2) is 44.1 Å². The van der Waals surface area contributed by atoms with E-state index in [4.69, 9.17) is 0 Å². The monoisotopic (exact) mass is 381 g/mol. The maximum atomic E-state index is 13.8. The number of carbonyl (C=O) groups is 1. The molecule has 1 aromatic heterocycles. The lowest BCUT2D eigenvalue weighted by atomic mass is 10.1. The molecule has 0 saturated heterocycles. The van der Waals surface area contributed by atoms with Gasteiger partial charge in [0.2, 0.25) is 5.16 Å². The third-order valence-electron chi connectivity index (χ3n) is 4.12. The number of amides is 1. The summed E-state index contributed by atoms with van der Waals surface area (Å²) >= 11 is 1.20. The van der Waals surface area contributed by atoms with Gasteiger partial charge in [0.25, 0.3) is 5.91 Å². The molecule has 0 saturated carbocycles. The molecular weight excluding hydrogens is 365 g/mol. The van der Waals surface area contributed by atoms with Gasteiger partial charge in [-0.1, -0.05) is 54.2 Å². The number of halogens is 1. The number of nitrogens with zero attached hydrogens (tertiary/aromatic N) is 4. The third-order valence-corrected chi connectivity index (χ3v) is 4.95. The van der Waals surface area contributed by atoms with Gasteiger partial charge in [0.1, 0.15) is 5.82 Å². The molecule has 2 aromatic carbocycles. The summed E-state index contributed by atoms with van der Waals surface area (Å²) in [5.41, 5.74) is 2.29. The topological polar surface area (TPSA) is 74.2 Å². The van der Waals surface area contributed by atoms with Crippen molar-refractivity contribution in [2.45, 2.75) is 11.6 Å². The summed E-state index contributed by atoms with van der Waals surface area (Å²) in [4.78, 5) is 16.7. The number of thioether (sulfide) groups is 1. The van der Waals surface area contributed by atoms with Crippen molar-refractivity contribution >= 4 is 23.4 Å². The number of H-pyrrole nitrogens is 1. The van der Waals surface area contributed by atoms with Crippen molar-refractivity contribution in [2.75, 3.05) is 12.3 Å². The molecule has 0 unspecified atom stereocenters. The molecule has 1 aliphatic heterocycles. The largest absolute Gasteiger partial charge is 0.272 e. The van der Waals surface area contributed by atoms with Crippen molar-refractivity contribution in [2.24, 2.45) is 5.10 Å². The zero-order chi connectivity index (χ0) is 18.6. The number of hydrogen-bond donors (Lipinski definition) is 1. The van der Waals surface area contributed by atoms with Crippen LogP contribution in [0.1, 0.15) is 12.0 Å². The lowest BCUT2D eigenvalue weighted by Gasteiger charge is -2.09. The molecule has 136 valence electrons. The Balaban J connectivity index is 1.38. The predicted octanol–water partition coefficient (Wildman–Crippen LogP) is 3.34. The number of rotatable bonds is 5. The normalized spacial score (nSPS) is 13.7. The molecule has 1 aliphatic rings. The fourth-order valence-electron chi connectivity index (χ4n) is 2.76. The van der Waals surface area contributed by atoms with E-state index in [1.165, 1.54) is 22.8 Å². The summed E-state index contributed by atoms with van der Waals surface area (Å²) in [6.45, 7) is 0.568. The molecule has 0 aliphatic carbocycles. The molecule has 1 N–H and O–H groups in total. The first-order valence-corrected chi connectivity index (χ1v) is 9.42. The maximum absolute atomic E-state index is 13.8. The molecule has 0 radical (unpaired) electrons. The number of carbonyl (C=O) groups excluding carboxylic acids is 1. The molecule has 27 heavy (non-hydrogen) atoms.